The SMILES string of the molecule is CC1CCCC(C)N1S. The van der Waals surface area contributed by atoms with E-state index in [1.807, 2.05) is 0 Å². The highest BCUT2D eigenvalue weighted by Gasteiger charge is 2.20. The van der Waals surface area contributed by atoms with Crippen LogP contribution in [-0.2, 0) is 0 Å². The van der Waals surface area contributed by atoms with Crippen molar-refractivity contribution in [1.29, 1.82) is 0 Å². The monoisotopic (exact) mass is 145 g/mol. The number of hydrogen-bond acceptors (Lipinski definition) is 2. The molecule has 1 rings (SSSR count). The van der Waals surface area contributed by atoms with E-state index in [2.05, 4.69) is 31.0 Å². The first-order chi connectivity index (χ1) is 4.22. The molecular formula is C7H15NS. The standard InChI is InChI=1S/C7H15NS/c1-6-4-3-5-7(2)8(6)9/h6-7,9H,3-5H2,1-2H3. The van der Waals surface area contributed by atoms with Crippen molar-refractivity contribution in [3.63, 3.8) is 0 Å². The normalized spacial score (nSPS) is 39.0. The fraction of sp³-hybridized carbons (Fsp3) is 1.00. The topological polar surface area (TPSA) is 3.24 Å². The van der Waals surface area contributed by atoms with Crippen LogP contribution in [0.2, 0.25) is 0 Å². The van der Waals surface area contributed by atoms with Crippen LogP contribution in [0, 0.1) is 0 Å². The van der Waals surface area contributed by atoms with Crippen molar-refractivity contribution in [2.75, 3.05) is 0 Å². The lowest BCUT2D eigenvalue weighted by Crippen LogP contribution is -2.36. The van der Waals surface area contributed by atoms with Gasteiger partial charge in [-0.05, 0) is 26.7 Å². The van der Waals surface area contributed by atoms with Gasteiger partial charge in [0, 0.05) is 12.1 Å². The molecule has 0 aromatic heterocycles. The van der Waals surface area contributed by atoms with Crippen LogP contribution in [0.4, 0.5) is 0 Å². The summed E-state index contributed by atoms with van der Waals surface area (Å²) in [7, 11) is 0. The lowest BCUT2D eigenvalue weighted by molar-refractivity contribution is 0.226. The highest BCUT2D eigenvalue weighted by molar-refractivity contribution is 7.77. The van der Waals surface area contributed by atoms with Crippen molar-refractivity contribution in [1.82, 2.24) is 4.31 Å². The Morgan fingerprint density at radius 3 is 2.00 bits per heavy atom. The maximum absolute atomic E-state index is 4.38. The van der Waals surface area contributed by atoms with Gasteiger partial charge in [0.1, 0.15) is 0 Å². The van der Waals surface area contributed by atoms with Crippen molar-refractivity contribution in [3.05, 3.63) is 0 Å². The van der Waals surface area contributed by atoms with Gasteiger partial charge in [-0.2, -0.15) is 0 Å². The summed E-state index contributed by atoms with van der Waals surface area (Å²) in [6.07, 6.45) is 4.00. The van der Waals surface area contributed by atoms with Crippen LogP contribution in [0.3, 0.4) is 0 Å². The molecule has 0 bridgehead atoms. The Hall–Kier alpha value is 0.310. The number of thiol groups is 1. The summed E-state index contributed by atoms with van der Waals surface area (Å²) < 4.78 is 2.17. The maximum Gasteiger partial charge on any atom is 0.0174 e. The fourth-order valence-corrected chi connectivity index (χ4v) is 1.64. The average molecular weight is 145 g/mol. The number of hydrogen-bond donors (Lipinski definition) is 1. The smallest absolute Gasteiger partial charge is 0.0174 e. The van der Waals surface area contributed by atoms with E-state index >= 15 is 0 Å². The molecule has 1 nitrogen and oxygen atoms in total. The number of nitrogens with zero attached hydrogens (tertiary/aromatic N) is 1. The van der Waals surface area contributed by atoms with Gasteiger partial charge in [-0.1, -0.05) is 19.2 Å². The molecule has 0 spiro atoms. The van der Waals surface area contributed by atoms with E-state index in [0.29, 0.717) is 12.1 Å². The average Bonchev–Trinajstić information content (AvgIpc) is 1.83. The van der Waals surface area contributed by atoms with Crippen LogP contribution in [0.15, 0.2) is 0 Å². The first kappa shape index (κ1) is 7.42. The van der Waals surface area contributed by atoms with Crippen molar-refractivity contribution in [2.45, 2.75) is 45.2 Å². The van der Waals surface area contributed by atoms with Gasteiger partial charge in [0.05, 0.1) is 0 Å². The minimum absolute atomic E-state index is 0.678. The van der Waals surface area contributed by atoms with E-state index in [9.17, 15) is 0 Å². The molecule has 0 radical (unpaired) electrons. The molecule has 0 aromatic rings. The molecule has 1 aliphatic heterocycles. The van der Waals surface area contributed by atoms with Gasteiger partial charge in [-0.15, -0.1) is 0 Å². The molecule has 0 amide bonds. The van der Waals surface area contributed by atoms with Crippen molar-refractivity contribution < 1.29 is 0 Å². The second kappa shape index (κ2) is 2.93. The zero-order valence-corrected chi connectivity index (χ0v) is 7.06. The van der Waals surface area contributed by atoms with Gasteiger partial charge in [-0.25, -0.2) is 4.31 Å². The summed E-state index contributed by atoms with van der Waals surface area (Å²) in [5, 5.41) is 0. The Morgan fingerprint density at radius 1 is 1.22 bits per heavy atom. The highest BCUT2D eigenvalue weighted by atomic mass is 32.1. The van der Waals surface area contributed by atoms with E-state index in [1.165, 1.54) is 19.3 Å². The Bertz CT molecular complexity index is 84.9. The maximum atomic E-state index is 4.38. The van der Waals surface area contributed by atoms with Gasteiger partial charge in [0.25, 0.3) is 0 Å². The van der Waals surface area contributed by atoms with Gasteiger partial charge >= 0.3 is 0 Å². The molecule has 0 saturated carbocycles. The van der Waals surface area contributed by atoms with Crippen molar-refractivity contribution >= 4 is 12.8 Å². The largest absolute Gasteiger partial charge is 0.248 e. The minimum Gasteiger partial charge on any atom is -0.248 e. The highest BCUT2D eigenvalue weighted by Crippen LogP contribution is 2.23. The Labute approximate surface area is 63.0 Å². The van der Waals surface area contributed by atoms with Gasteiger partial charge in [0.15, 0.2) is 0 Å². The lowest BCUT2D eigenvalue weighted by Gasteiger charge is -2.34. The summed E-state index contributed by atoms with van der Waals surface area (Å²) in [6, 6.07) is 1.36. The Morgan fingerprint density at radius 2 is 1.67 bits per heavy atom. The summed E-state index contributed by atoms with van der Waals surface area (Å²) in [5.74, 6) is 0. The number of piperidine rings is 1. The zero-order valence-electron chi connectivity index (χ0n) is 6.17. The molecule has 9 heavy (non-hydrogen) atoms. The van der Waals surface area contributed by atoms with Crippen LogP contribution in [-0.4, -0.2) is 16.4 Å². The molecular weight excluding hydrogens is 130 g/mol. The molecule has 0 aromatic carbocycles. The first-order valence-electron chi connectivity index (χ1n) is 3.69. The quantitative estimate of drug-likeness (QED) is 0.511. The molecule has 2 atom stereocenters. The van der Waals surface area contributed by atoms with Crippen molar-refractivity contribution in [2.24, 2.45) is 0 Å². The fourth-order valence-electron chi connectivity index (χ4n) is 1.41. The van der Waals surface area contributed by atoms with E-state index in [-0.39, 0.29) is 0 Å². The second-order valence-electron chi connectivity index (χ2n) is 3.01. The molecule has 0 aliphatic carbocycles. The summed E-state index contributed by atoms with van der Waals surface area (Å²) in [4.78, 5) is 0. The summed E-state index contributed by atoms with van der Waals surface area (Å²) >= 11 is 4.38. The van der Waals surface area contributed by atoms with E-state index in [4.69, 9.17) is 0 Å². The van der Waals surface area contributed by atoms with Crippen LogP contribution in [0.5, 0.6) is 0 Å². The first-order valence-corrected chi connectivity index (χ1v) is 4.09. The molecule has 2 heteroatoms. The summed E-state index contributed by atoms with van der Waals surface area (Å²) in [5.41, 5.74) is 0. The molecule has 1 heterocycles. The third kappa shape index (κ3) is 1.62. The summed E-state index contributed by atoms with van der Waals surface area (Å²) in [6.45, 7) is 4.48. The molecule has 2 unspecified atom stereocenters. The van der Waals surface area contributed by atoms with Gasteiger partial charge in [-0.3, -0.25) is 0 Å². The molecule has 1 fully saturated rings. The predicted octanol–water partition coefficient (Wildman–Crippen LogP) is 2.09. The van der Waals surface area contributed by atoms with E-state index in [0.717, 1.165) is 0 Å². The van der Waals surface area contributed by atoms with Crippen molar-refractivity contribution in [3.8, 4) is 0 Å². The van der Waals surface area contributed by atoms with Gasteiger partial charge in [0.2, 0.25) is 0 Å². The molecule has 0 N–H and O–H groups in total. The van der Waals surface area contributed by atoms with Crippen LogP contribution in [0.1, 0.15) is 33.1 Å². The van der Waals surface area contributed by atoms with Crippen LogP contribution >= 0.6 is 12.8 Å². The van der Waals surface area contributed by atoms with Crippen LogP contribution < -0.4 is 0 Å². The third-order valence-electron chi connectivity index (χ3n) is 2.15. The zero-order chi connectivity index (χ0) is 6.85. The Kier molecular flexibility index (Phi) is 2.42. The third-order valence-corrected chi connectivity index (χ3v) is 2.94. The molecule has 54 valence electrons. The Balaban J connectivity index is 2.41. The molecule has 1 aliphatic rings. The van der Waals surface area contributed by atoms with E-state index < -0.39 is 0 Å². The van der Waals surface area contributed by atoms with Crippen LogP contribution in [0.25, 0.3) is 0 Å². The lowest BCUT2D eigenvalue weighted by atomic mass is 10.0. The predicted molar refractivity (Wildman–Crippen MR) is 43.6 cm³/mol. The molecule has 1 saturated heterocycles. The second-order valence-corrected chi connectivity index (χ2v) is 3.47. The minimum atomic E-state index is 0.678. The van der Waals surface area contributed by atoms with E-state index in [1.54, 1.807) is 0 Å². The number of rotatable bonds is 0. The van der Waals surface area contributed by atoms with Gasteiger partial charge < -0.3 is 0 Å².